The zero-order chi connectivity index (χ0) is 17.8. The number of hydrogen-bond donors (Lipinski definition) is 1. The Morgan fingerprint density at radius 1 is 1.12 bits per heavy atom. The van der Waals surface area contributed by atoms with Gasteiger partial charge in [-0.25, -0.2) is 0 Å². The van der Waals surface area contributed by atoms with Crippen LogP contribution in [0.3, 0.4) is 0 Å². The van der Waals surface area contributed by atoms with E-state index >= 15 is 0 Å². The Hall–Kier alpha value is -1.06. The van der Waals surface area contributed by atoms with Crippen molar-refractivity contribution in [3.63, 3.8) is 0 Å². The average molecular weight is 357 g/mol. The lowest BCUT2D eigenvalue weighted by atomic mass is 9.82. The molecule has 0 aromatic heterocycles. The maximum absolute atomic E-state index is 6.26. The van der Waals surface area contributed by atoms with Crippen molar-refractivity contribution >= 4 is 0 Å². The van der Waals surface area contributed by atoms with Gasteiger partial charge in [-0.15, -0.1) is 0 Å². The molecule has 1 aromatic rings. The second kappa shape index (κ2) is 8.75. The monoisotopic (exact) mass is 356 g/mol. The van der Waals surface area contributed by atoms with Crippen LogP contribution in [0.4, 0.5) is 0 Å². The van der Waals surface area contributed by atoms with Gasteiger partial charge in [0.15, 0.2) is 0 Å². The molecule has 1 saturated heterocycles. The highest BCUT2D eigenvalue weighted by Gasteiger charge is 2.22. The van der Waals surface area contributed by atoms with Gasteiger partial charge >= 0.3 is 0 Å². The molecule has 3 nitrogen and oxygen atoms in total. The number of likely N-dealkylation sites (tertiary alicyclic amines) is 1. The first-order chi connectivity index (χ1) is 12.8. The topological polar surface area (TPSA) is 24.5 Å². The molecule has 1 N–H and O–H groups in total. The number of nitrogens with one attached hydrogen (secondary N) is 1. The fourth-order valence-electron chi connectivity index (χ4n) is 5.31. The van der Waals surface area contributed by atoms with Gasteiger partial charge in [-0.2, -0.15) is 0 Å². The molecule has 0 bridgehead atoms. The van der Waals surface area contributed by atoms with Crippen LogP contribution in [0.15, 0.2) is 12.1 Å². The third kappa shape index (κ3) is 4.43. The molecule has 1 unspecified atom stereocenters. The van der Waals surface area contributed by atoms with Crippen LogP contribution < -0.4 is 10.1 Å². The molecule has 26 heavy (non-hydrogen) atoms. The van der Waals surface area contributed by atoms with Gasteiger partial charge in [0, 0.05) is 12.6 Å². The van der Waals surface area contributed by atoms with E-state index in [4.69, 9.17) is 4.74 Å². The van der Waals surface area contributed by atoms with E-state index < -0.39 is 0 Å². The molecule has 0 spiro atoms. The van der Waals surface area contributed by atoms with Crippen molar-refractivity contribution in [3.8, 4) is 5.75 Å². The molecule has 2 fully saturated rings. The smallest absolute Gasteiger partial charge is 0.119 e. The summed E-state index contributed by atoms with van der Waals surface area (Å²) in [6.07, 6.45) is 13.4. The minimum Gasteiger partial charge on any atom is -0.494 e. The van der Waals surface area contributed by atoms with Gasteiger partial charge in [-0.3, -0.25) is 0 Å². The lowest BCUT2D eigenvalue weighted by molar-refractivity contribution is 0.233. The SMILES string of the molecule is CN1CCCC1CCOc1cc2c(c(CC3CCCCC3)c1)CCNC2. The standard InChI is InChI=1S/C23H36N2O/c1-25-12-5-8-21(25)10-13-26-22-15-19(14-18-6-3-2-4-7-18)23-9-11-24-17-20(23)16-22/h15-16,18,21,24H,2-14,17H2,1H3. The second-order valence-corrected chi connectivity index (χ2v) is 8.77. The molecule has 4 rings (SSSR count). The highest BCUT2D eigenvalue weighted by Crippen LogP contribution is 2.32. The number of fused-ring (bicyclic) bond motifs is 1. The summed E-state index contributed by atoms with van der Waals surface area (Å²) < 4.78 is 6.26. The van der Waals surface area contributed by atoms with Crippen molar-refractivity contribution in [3.05, 3.63) is 28.8 Å². The molecule has 144 valence electrons. The van der Waals surface area contributed by atoms with Crippen LogP contribution >= 0.6 is 0 Å². The van der Waals surface area contributed by atoms with Crippen molar-refractivity contribution in [1.29, 1.82) is 0 Å². The van der Waals surface area contributed by atoms with Crippen LogP contribution in [0, 0.1) is 5.92 Å². The highest BCUT2D eigenvalue weighted by atomic mass is 16.5. The minimum atomic E-state index is 0.719. The zero-order valence-corrected chi connectivity index (χ0v) is 16.6. The number of ether oxygens (including phenoxy) is 1. The number of benzene rings is 1. The molecule has 2 aliphatic heterocycles. The van der Waals surface area contributed by atoms with E-state index in [-0.39, 0.29) is 0 Å². The fourth-order valence-corrected chi connectivity index (χ4v) is 5.31. The summed E-state index contributed by atoms with van der Waals surface area (Å²) in [4.78, 5) is 2.49. The molecule has 1 aromatic carbocycles. The van der Waals surface area contributed by atoms with Gasteiger partial charge in [-0.1, -0.05) is 32.1 Å². The van der Waals surface area contributed by atoms with Crippen LogP contribution in [-0.2, 0) is 19.4 Å². The lowest BCUT2D eigenvalue weighted by Crippen LogP contribution is -2.27. The first kappa shape index (κ1) is 18.3. The maximum atomic E-state index is 6.26. The van der Waals surface area contributed by atoms with Crippen molar-refractivity contribution in [2.75, 3.05) is 26.7 Å². The Kier molecular flexibility index (Phi) is 6.16. The molecular formula is C23H36N2O. The predicted molar refractivity (Wildman–Crippen MR) is 108 cm³/mol. The predicted octanol–water partition coefficient (Wildman–Crippen LogP) is 4.32. The molecule has 3 aliphatic rings. The summed E-state index contributed by atoms with van der Waals surface area (Å²) in [5.74, 6) is 2.00. The molecule has 0 amide bonds. The maximum Gasteiger partial charge on any atom is 0.119 e. The molecular weight excluding hydrogens is 320 g/mol. The van der Waals surface area contributed by atoms with Crippen molar-refractivity contribution in [2.45, 2.75) is 76.8 Å². The fraction of sp³-hybridized carbons (Fsp3) is 0.739. The molecule has 0 radical (unpaired) electrons. The zero-order valence-electron chi connectivity index (χ0n) is 16.6. The summed E-state index contributed by atoms with van der Waals surface area (Å²) >= 11 is 0. The Labute approximate surface area is 159 Å². The van der Waals surface area contributed by atoms with E-state index in [1.54, 1.807) is 11.1 Å². The summed E-state index contributed by atoms with van der Waals surface area (Å²) in [7, 11) is 2.25. The summed E-state index contributed by atoms with van der Waals surface area (Å²) in [6, 6.07) is 5.41. The highest BCUT2D eigenvalue weighted by molar-refractivity contribution is 5.44. The van der Waals surface area contributed by atoms with Gasteiger partial charge in [0.2, 0.25) is 0 Å². The van der Waals surface area contributed by atoms with Crippen molar-refractivity contribution < 1.29 is 4.74 Å². The van der Waals surface area contributed by atoms with Gasteiger partial charge in [-0.05, 0) is 87.0 Å². The second-order valence-electron chi connectivity index (χ2n) is 8.77. The lowest BCUT2D eigenvalue weighted by Gasteiger charge is -2.26. The Balaban J connectivity index is 1.43. The van der Waals surface area contributed by atoms with Crippen molar-refractivity contribution in [2.24, 2.45) is 5.92 Å². The van der Waals surface area contributed by atoms with E-state index in [1.165, 1.54) is 69.9 Å². The van der Waals surface area contributed by atoms with Crippen LogP contribution in [0.2, 0.25) is 0 Å². The number of rotatable bonds is 6. The Morgan fingerprint density at radius 3 is 2.81 bits per heavy atom. The van der Waals surface area contributed by atoms with E-state index in [0.717, 1.165) is 43.8 Å². The third-order valence-electron chi connectivity index (χ3n) is 6.90. The van der Waals surface area contributed by atoms with E-state index in [9.17, 15) is 0 Å². The van der Waals surface area contributed by atoms with Crippen LogP contribution in [0.5, 0.6) is 5.75 Å². The van der Waals surface area contributed by atoms with Crippen LogP contribution in [0.25, 0.3) is 0 Å². The van der Waals surface area contributed by atoms with E-state index in [1.807, 2.05) is 0 Å². The quantitative estimate of drug-likeness (QED) is 0.821. The van der Waals surface area contributed by atoms with Gasteiger partial charge in [0.1, 0.15) is 5.75 Å². The molecule has 1 saturated carbocycles. The third-order valence-corrected chi connectivity index (χ3v) is 6.90. The summed E-state index contributed by atoms with van der Waals surface area (Å²) in [5, 5.41) is 3.54. The van der Waals surface area contributed by atoms with Gasteiger partial charge in [0.25, 0.3) is 0 Å². The van der Waals surface area contributed by atoms with Gasteiger partial charge in [0.05, 0.1) is 6.61 Å². The Morgan fingerprint density at radius 2 is 2.00 bits per heavy atom. The minimum absolute atomic E-state index is 0.719. The van der Waals surface area contributed by atoms with Crippen LogP contribution in [0.1, 0.15) is 68.1 Å². The molecule has 2 heterocycles. The number of nitrogens with zero attached hydrogens (tertiary/aromatic N) is 1. The molecule has 1 aliphatic carbocycles. The van der Waals surface area contributed by atoms with E-state index in [2.05, 4.69) is 29.4 Å². The summed E-state index contributed by atoms with van der Waals surface area (Å²) in [6.45, 7) is 4.24. The largest absolute Gasteiger partial charge is 0.494 e. The number of hydrogen-bond acceptors (Lipinski definition) is 3. The summed E-state index contributed by atoms with van der Waals surface area (Å²) in [5.41, 5.74) is 4.69. The average Bonchev–Trinajstić information content (AvgIpc) is 3.08. The Bertz CT molecular complexity index is 594. The normalized spacial score (nSPS) is 24.6. The first-order valence-corrected chi connectivity index (χ1v) is 11.0. The molecule has 1 atom stereocenters. The van der Waals surface area contributed by atoms with Crippen molar-refractivity contribution in [1.82, 2.24) is 10.2 Å². The molecule has 3 heteroatoms. The van der Waals surface area contributed by atoms with E-state index in [0.29, 0.717) is 0 Å². The van der Waals surface area contributed by atoms with Gasteiger partial charge < -0.3 is 15.0 Å². The first-order valence-electron chi connectivity index (χ1n) is 11.0. The van der Waals surface area contributed by atoms with Crippen LogP contribution in [-0.4, -0.2) is 37.7 Å².